The molecule has 2 aliphatic rings. The lowest BCUT2D eigenvalue weighted by molar-refractivity contribution is -0.253. The van der Waals surface area contributed by atoms with Crippen LogP contribution < -0.4 is 5.32 Å². The summed E-state index contributed by atoms with van der Waals surface area (Å²) in [4.78, 5) is 13.9. The van der Waals surface area contributed by atoms with Crippen LogP contribution in [0.1, 0.15) is 67.3 Å². The molecule has 3 aromatic carbocycles. The molecule has 0 radical (unpaired) electrons. The number of aliphatic hydroxyl groups is 1. The fraction of sp³-hybridized carbons (Fsp3) is 0.406. The van der Waals surface area contributed by atoms with Crippen LogP contribution in [0.4, 0.5) is 0 Å². The standard InChI is InChI=1S/C32H38N2O4/c1-23(36)33-20-25-7-5-8-27(17-25)28-9-6-10-29(18-28)32-37-30(21-34-15-3-2-4-16-34)19-31(38-32)26-13-11-24(22-35)12-14-26/h5-14,17-18,30-32,35H,2-4,15-16,19-22H2,1H3,(H,33,36)/t30-,31+,32+/m1/s1. The molecular formula is C32H38N2O4. The molecule has 2 heterocycles. The quantitative estimate of drug-likeness (QED) is 0.415. The van der Waals surface area contributed by atoms with E-state index in [-0.39, 0.29) is 24.7 Å². The minimum atomic E-state index is -0.469. The second-order valence-electron chi connectivity index (χ2n) is 10.4. The van der Waals surface area contributed by atoms with E-state index in [1.807, 2.05) is 24.3 Å². The minimum absolute atomic E-state index is 0.0356. The van der Waals surface area contributed by atoms with Crippen LogP contribution in [0, 0.1) is 0 Å². The highest BCUT2D eigenvalue weighted by atomic mass is 16.7. The summed E-state index contributed by atoms with van der Waals surface area (Å²) >= 11 is 0. The number of nitrogens with one attached hydrogen (secondary N) is 1. The van der Waals surface area contributed by atoms with Crippen LogP contribution in [0.25, 0.3) is 11.1 Å². The molecule has 0 aliphatic carbocycles. The molecule has 0 unspecified atom stereocenters. The molecule has 0 spiro atoms. The molecule has 5 rings (SSSR count). The minimum Gasteiger partial charge on any atom is -0.392 e. The number of rotatable bonds is 8. The van der Waals surface area contributed by atoms with E-state index in [2.05, 4.69) is 58.7 Å². The van der Waals surface area contributed by atoms with Gasteiger partial charge in [0.05, 0.1) is 18.8 Å². The zero-order valence-electron chi connectivity index (χ0n) is 22.1. The van der Waals surface area contributed by atoms with E-state index in [1.165, 1.54) is 26.2 Å². The summed E-state index contributed by atoms with van der Waals surface area (Å²) in [6.07, 6.45) is 4.13. The Kier molecular flexibility index (Phi) is 8.86. The second kappa shape index (κ2) is 12.7. The molecular weight excluding hydrogens is 476 g/mol. The van der Waals surface area contributed by atoms with Crippen molar-refractivity contribution in [3.05, 3.63) is 95.1 Å². The van der Waals surface area contributed by atoms with Gasteiger partial charge < -0.3 is 24.8 Å². The maximum Gasteiger partial charge on any atom is 0.217 e. The summed E-state index contributed by atoms with van der Waals surface area (Å²) < 4.78 is 13.2. The molecule has 200 valence electrons. The predicted molar refractivity (Wildman–Crippen MR) is 148 cm³/mol. The van der Waals surface area contributed by atoms with Crippen LogP contribution in [-0.2, 0) is 27.4 Å². The van der Waals surface area contributed by atoms with Gasteiger partial charge in [0.1, 0.15) is 0 Å². The van der Waals surface area contributed by atoms with Crippen molar-refractivity contribution in [2.24, 2.45) is 0 Å². The first-order chi connectivity index (χ1) is 18.6. The zero-order valence-corrected chi connectivity index (χ0v) is 22.1. The molecule has 6 heteroatoms. The molecule has 2 saturated heterocycles. The molecule has 0 saturated carbocycles. The normalized spacial score (nSPS) is 22.2. The van der Waals surface area contributed by atoms with Gasteiger partial charge in [-0.05, 0) is 65.9 Å². The van der Waals surface area contributed by atoms with E-state index < -0.39 is 6.29 Å². The molecule has 2 fully saturated rings. The highest BCUT2D eigenvalue weighted by Crippen LogP contribution is 2.39. The van der Waals surface area contributed by atoms with Gasteiger partial charge in [-0.2, -0.15) is 0 Å². The van der Waals surface area contributed by atoms with Gasteiger partial charge in [0.2, 0.25) is 5.91 Å². The lowest BCUT2D eigenvalue weighted by Gasteiger charge is -2.39. The number of amides is 1. The molecule has 0 aromatic heterocycles. The molecule has 2 aliphatic heterocycles. The van der Waals surface area contributed by atoms with Crippen LogP contribution >= 0.6 is 0 Å². The van der Waals surface area contributed by atoms with Crippen molar-refractivity contribution >= 4 is 5.91 Å². The Bertz CT molecular complexity index is 1210. The Morgan fingerprint density at radius 1 is 0.895 bits per heavy atom. The average molecular weight is 515 g/mol. The van der Waals surface area contributed by atoms with Crippen molar-refractivity contribution in [3.63, 3.8) is 0 Å². The highest BCUT2D eigenvalue weighted by Gasteiger charge is 2.33. The largest absolute Gasteiger partial charge is 0.392 e. The van der Waals surface area contributed by atoms with Gasteiger partial charge in [-0.1, -0.05) is 67.1 Å². The topological polar surface area (TPSA) is 71.0 Å². The maximum absolute atomic E-state index is 11.4. The van der Waals surface area contributed by atoms with E-state index in [1.54, 1.807) is 0 Å². The van der Waals surface area contributed by atoms with Gasteiger partial charge in [0.15, 0.2) is 6.29 Å². The van der Waals surface area contributed by atoms with Crippen LogP contribution in [0.2, 0.25) is 0 Å². The van der Waals surface area contributed by atoms with Gasteiger partial charge in [-0.15, -0.1) is 0 Å². The van der Waals surface area contributed by atoms with Gasteiger partial charge >= 0.3 is 0 Å². The molecule has 0 bridgehead atoms. The Morgan fingerprint density at radius 2 is 1.63 bits per heavy atom. The van der Waals surface area contributed by atoms with Crippen LogP contribution in [0.5, 0.6) is 0 Å². The van der Waals surface area contributed by atoms with E-state index >= 15 is 0 Å². The lowest BCUT2D eigenvalue weighted by Crippen LogP contribution is -2.41. The van der Waals surface area contributed by atoms with E-state index in [0.29, 0.717) is 6.54 Å². The number of piperidine rings is 1. The zero-order chi connectivity index (χ0) is 26.3. The summed E-state index contributed by atoms with van der Waals surface area (Å²) in [5, 5.41) is 12.3. The van der Waals surface area contributed by atoms with Crippen molar-refractivity contribution in [1.82, 2.24) is 10.2 Å². The highest BCUT2D eigenvalue weighted by molar-refractivity contribution is 5.73. The molecule has 38 heavy (non-hydrogen) atoms. The first-order valence-corrected chi connectivity index (χ1v) is 13.7. The van der Waals surface area contributed by atoms with Crippen LogP contribution in [-0.4, -0.2) is 41.7 Å². The predicted octanol–water partition coefficient (Wildman–Crippen LogP) is 5.51. The number of carbonyl (C=O) groups is 1. The van der Waals surface area contributed by atoms with Crippen molar-refractivity contribution in [1.29, 1.82) is 0 Å². The Hall–Kier alpha value is -3.03. The Labute approximate surface area is 225 Å². The number of hydrogen-bond acceptors (Lipinski definition) is 5. The lowest BCUT2D eigenvalue weighted by atomic mass is 9.98. The number of aliphatic hydroxyl groups excluding tert-OH is 1. The molecule has 6 nitrogen and oxygen atoms in total. The molecule has 1 amide bonds. The van der Waals surface area contributed by atoms with Crippen molar-refractivity contribution in [2.45, 2.75) is 64.3 Å². The van der Waals surface area contributed by atoms with Gasteiger partial charge in [0.25, 0.3) is 0 Å². The first-order valence-electron chi connectivity index (χ1n) is 13.7. The summed E-state index contributed by atoms with van der Waals surface area (Å²) in [6.45, 7) is 5.25. The fourth-order valence-electron chi connectivity index (χ4n) is 5.42. The number of carbonyl (C=O) groups excluding carboxylic acids is 1. The van der Waals surface area contributed by atoms with Gasteiger partial charge in [0, 0.05) is 32.0 Å². The van der Waals surface area contributed by atoms with Crippen molar-refractivity contribution in [2.75, 3.05) is 19.6 Å². The van der Waals surface area contributed by atoms with Gasteiger partial charge in [-0.3, -0.25) is 4.79 Å². The average Bonchev–Trinajstić information content (AvgIpc) is 2.97. The summed E-state index contributed by atoms with van der Waals surface area (Å²) in [5.74, 6) is -0.0383. The van der Waals surface area contributed by atoms with E-state index in [4.69, 9.17) is 9.47 Å². The number of benzene rings is 3. The third-order valence-electron chi connectivity index (χ3n) is 7.49. The van der Waals surface area contributed by atoms with E-state index in [0.717, 1.165) is 59.4 Å². The number of likely N-dealkylation sites (tertiary alicyclic amines) is 1. The fourth-order valence-corrected chi connectivity index (χ4v) is 5.42. The first kappa shape index (κ1) is 26.6. The summed E-state index contributed by atoms with van der Waals surface area (Å²) in [6, 6.07) is 24.7. The number of nitrogens with zero attached hydrogens (tertiary/aromatic N) is 1. The summed E-state index contributed by atoms with van der Waals surface area (Å²) in [7, 11) is 0. The summed E-state index contributed by atoms with van der Waals surface area (Å²) in [5.41, 5.74) is 6.24. The third-order valence-corrected chi connectivity index (χ3v) is 7.49. The van der Waals surface area contributed by atoms with Crippen LogP contribution in [0.3, 0.4) is 0 Å². The maximum atomic E-state index is 11.4. The van der Waals surface area contributed by atoms with Crippen molar-refractivity contribution in [3.8, 4) is 11.1 Å². The second-order valence-corrected chi connectivity index (χ2v) is 10.4. The Balaban J connectivity index is 1.38. The van der Waals surface area contributed by atoms with E-state index in [9.17, 15) is 9.90 Å². The third kappa shape index (κ3) is 6.88. The molecule has 3 atom stereocenters. The monoisotopic (exact) mass is 514 g/mol. The van der Waals surface area contributed by atoms with Crippen molar-refractivity contribution < 1.29 is 19.4 Å². The smallest absolute Gasteiger partial charge is 0.217 e. The SMILES string of the molecule is CC(=O)NCc1cccc(-c2cccc([C@H]3O[C@@H](CN4CCCCC4)C[C@@H](c4ccc(CO)cc4)O3)c2)c1. The molecule has 3 aromatic rings. The number of ether oxygens (including phenoxy) is 2. The van der Waals surface area contributed by atoms with Crippen LogP contribution in [0.15, 0.2) is 72.8 Å². The Morgan fingerprint density at radius 3 is 2.37 bits per heavy atom. The van der Waals surface area contributed by atoms with Gasteiger partial charge in [-0.25, -0.2) is 0 Å². The number of hydrogen-bond donors (Lipinski definition) is 2. The molecule has 2 N–H and O–H groups in total.